The van der Waals surface area contributed by atoms with Crippen molar-refractivity contribution in [1.82, 2.24) is 14.3 Å². The van der Waals surface area contributed by atoms with Crippen LogP contribution in [0.3, 0.4) is 0 Å². The maximum absolute atomic E-state index is 13.2. The zero-order valence-electron chi connectivity index (χ0n) is 14.1. The molecule has 0 unspecified atom stereocenters. The summed E-state index contributed by atoms with van der Waals surface area (Å²) in [6.45, 7) is 0.595. The summed E-state index contributed by atoms with van der Waals surface area (Å²) in [5, 5.41) is 1.47. The predicted molar refractivity (Wildman–Crippen MR) is 88.4 cm³/mol. The van der Waals surface area contributed by atoms with Crippen molar-refractivity contribution in [3.63, 3.8) is 0 Å². The number of nitrogens with one attached hydrogen (secondary N) is 2. The maximum atomic E-state index is 13.2. The molecule has 14 heteroatoms. The van der Waals surface area contributed by atoms with Gasteiger partial charge in [-0.2, -0.15) is 22.3 Å². The first kappa shape index (κ1) is 22.0. The Hall–Kier alpha value is -2.25. The van der Waals surface area contributed by atoms with Crippen molar-refractivity contribution in [2.45, 2.75) is 24.0 Å². The van der Waals surface area contributed by atoms with Gasteiger partial charge in [-0.25, -0.2) is 17.8 Å². The molecule has 0 aromatic carbocycles. The van der Waals surface area contributed by atoms with Gasteiger partial charge in [0.25, 0.3) is 5.91 Å². The van der Waals surface area contributed by atoms with Gasteiger partial charge in [-0.05, 0) is 6.92 Å². The lowest BCUT2D eigenvalue weighted by atomic mass is 10.3. The normalized spacial score (nSPS) is 13.4. The summed E-state index contributed by atoms with van der Waals surface area (Å²) in [5.74, 6) is -3.76. The van der Waals surface area contributed by atoms with Gasteiger partial charge in [0.15, 0.2) is 5.82 Å². The fourth-order valence-corrected chi connectivity index (χ4v) is 3.99. The molecular weight excluding hydrogens is 435 g/mol. The number of rotatable bonds is 5. The lowest BCUT2D eigenvalue weighted by molar-refractivity contribution is -0.147. The number of aromatic nitrogens is 2. The smallest absolute Gasteiger partial charge is 0.344 e. The zero-order chi connectivity index (χ0) is 21.4. The minimum Gasteiger partial charge on any atom is -0.344 e. The molecule has 2 aromatic rings. The molecular formula is C14H12ClF5N4O3S. The summed E-state index contributed by atoms with van der Waals surface area (Å²) in [5.41, 5.74) is -0.694. The third kappa shape index (κ3) is 4.59. The van der Waals surface area contributed by atoms with Gasteiger partial charge in [-0.1, -0.05) is 11.6 Å². The summed E-state index contributed by atoms with van der Waals surface area (Å²) in [6.07, 6.45) is -3.20. The number of pyridine rings is 1. The van der Waals surface area contributed by atoms with Crippen LogP contribution in [-0.2, 0) is 17.1 Å². The molecule has 0 aliphatic rings. The van der Waals surface area contributed by atoms with E-state index in [9.17, 15) is 35.2 Å². The van der Waals surface area contributed by atoms with Crippen LogP contribution in [0.15, 0.2) is 23.4 Å². The van der Waals surface area contributed by atoms with Crippen LogP contribution in [0.1, 0.15) is 17.4 Å². The average molecular weight is 447 g/mol. The van der Waals surface area contributed by atoms with Crippen LogP contribution in [0.2, 0.25) is 5.02 Å². The van der Waals surface area contributed by atoms with Crippen molar-refractivity contribution in [1.29, 1.82) is 0 Å². The summed E-state index contributed by atoms with van der Waals surface area (Å²) in [4.78, 5) is 14.6. The van der Waals surface area contributed by atoms with Crippen LogP contribution in [0, 0.1) is 11.8 Å². The van der Waals surface area contributed by atoms with Gasteiger partial charge in [0.05, 0.1) is 16.9 Å². The van der Waals surface area contributed by atoms with Crippen molar-refractivity contribution in [2.24, 2.45) is 7.05 Å². The largest absolute Gasteiger partial charge is 0.404 e. The number of sulfonamides is 1. The number of aryl methyl sites for hydroxylation is 1. The molecule has 0 bridgehead atoms. The van der Waals surface area contributed by atoms with E-state index < -0.39 is 55.5 Å². The van der Waals surface area contributed by atoms with E-state index in [4.69, 9.17) is 11.6 Å². The van der Waals surface area contributed by atoms with Crippen molar-refractivity contribution in [3.05, 3.63) is 40.9 Å². The SMILES string of the molecule is C[C@@H](NS(=O)(=O)c1cn(C)c(C(=O)Nc2cnc(F)c(F)c2)c1Cl)C(F)(F)F. The average Bonchev–Trinajstić information content (AvgIpc) is 2.85. The molecule has 7 nitrogen and oxygen atoms in total. The molecule has 0 saturated heterocycles. The summed E-state index contributed by atoms with van der Waals surface area (Å²) in [6, 6.07) is -1.78. The van der Waals surface area contributed by atoms with E-state index in [1.165, 1.54) is 11.8 Å². The van der Waals surface area contributed by atoms with Crippen molar-refractivity contribution < 1.29 is 35.2 Å². The first-order valence-electron chi connectivity index (χ1n) is 7.30. The highest BCUT2D eigenvalue weighted by atomic mass is 35.5. The van der Waals surface area contributed by atoms with Crippen LogP contribution in [-0.4, -0.2) is 36.1 Å². The number of carbonyl (C=O) groups is 1. The van der Waals surface area contributed by atoms with Crippen molar-refractivity contribution in [2.75, 3.05) is 5.32 Å². The monoisotopic (exact) mass is 446 g/mol. The Morgan fingerprint density at radius 1 is 1.32 bits per heavy atom. The number of carbonyl (C=O) groups excluding carboxylic acids is 1. The van der Waals surface area contributed by atoms with E-state index in [2.05, 4.69) is 10.3 Å². The fourth-order valence-electron chi connectivity index (χ4n) is 2.06. The molecule has 0 spiro atoms. The summed E-state index contributed by atoms with van der Waals surface area (Å²) < 4.78 is 90.6. The minimum absolute atomic E-state index is 0.255. The lowest BCUT2D eigenvalue weighted by Crippen LogP contribution is -2.42. The van der Waals surface area contributed by atoms with E-state index in [-0.39, 0.29) is 5.69 Å². The first-order chi connectivity index (χ1) is 12.7. The molecule has 0 saturated carbocycles. The van der Waals surface area contributed by atoms with E-state index in [1.807, 2.05) is 0 Å². The molecule has 0 radical (unpaired) electrons. The van der Waals surface area contributed by atoms with Crippen molar-refractivity contribution >= 4 is 33.2 Å². The van der Waals surface area contributed by atoms with Gasteiger partial charge in [-0.3, -0.25) is 4.79 Å². The Bertz CT molecular complexity index is 1020. The van der Waals surface area contributed by atoms with Crippen LogP contribution in [0.4, 0.5) is 27.6 Å². The second kappa shape index (κ2) is 7.64. The molecule has 2 aromatic heterocycles. The van der Waals surface area contributed by atoms with Gasteiger partial charge in [0.1, 0.15) is 16.6 Å². The van der Waals surface area contributed by atoms with Crippen LogP contribution in [0.25, 0.3) is 0 Å². The Kier molecular flexibility index (Phi) is 6.01. The molecule has 0 fully saturated rings. The Labute approximate surface area is 160 Å². The molecule has 0 aliphatic carbocycles. The highest BCUT2D eigenvalue weighted by Crippen LogP contribution is 2.29. The van der Waals surface area contributed by atoms with E-state index in [0.29, 0.717) is 13.0 Å². The van der Waals surface area contributed by atoms with Crippen LogP contribution >= 0.6 is 11.6 Å². The number of alkyl halides is 3. The highest BCUT2D eigenvalue weighted by Gasteiger charge is 2.40. The molecule has 2 N–H and O–H groups in total. The van der Waals surface area contributed by atoms with Gasteiger partial charge in [0.2, 0.25) is 16.0 Å². The topological polar surface area (TPSA) is 93.1 Å². The maximum Gasteiger partial charge on any atom is 0.404 e. The van der Waals surface area contributed by atoms with Gasteiger partial charge in [0, 0.05) is 19.3 Å². The van der Waals surface area contributed by atoms with E-state index >= 15 is 0 Å². The number of nitrogens with zero attached hydrogens (tertiary/aromatic N) is 2. The highest BCUT2D eigenvalue weighted by molar-refractivity contribution is 7.89. The third-order valence-corrected chi connectivity index (χ3v) is 5.52. The second-order valence-corrected chi connectivity index (χ2v) is 7.66. The number of anilines is 1. The number of hydrogen-bond donors (Lipinski definition) is 2. The Morgan fingerprint density at radius 2 is 1.93 bits per heavy atom. The van der Waals surface area contributed by atoms with Gasteiger partial charge >= 0.3 is 6.18 Å². The van der Waals surface area contributed by atoms with Crippen LogP contribution in [0.5, 0.6) is 0 Å². The fraction of sp³-hybridized carbons (Fsp3) is 0.286. The molecule has 2 heterocycles. The lowest BCUT2D eigenvalue weighted by Gasteiger charge is -2.16. The number of amides is 1. The minimum atomic E-state index is -4.84. The third-order valence-electron chi connectivity index (χ3n) is 3.47. The van der Waals surface area contributed by atoms with E-state index in [1.54, 1.807) is 0 Å². The van der Waals surface area contributed by atoms with Gasteiger partial charge < -0.3 is 9.88 Å². The molecule has 1 atom stereocenters. The summed E-state index contributed by atoms with van der Waals surface area (Å²) in [7, 11) is -3.50. The number of halogens is 6. The Morgan fingerprint density at radius 3 is 2.46 bits per heavy atom. The summed E-state index contributed by atoms with van der Waals surface area (Å²) >= 11 is 5.90. The van der Waals surface area contributed by atoms with Crippen molar-refractivity contribution in [3.8, 4) is 0 Å². The van der Waals surface area contributed by atoms with Crippen LogP contribution < -0.4 is 10.0 Å². The first-order valence-corrected chi connectivity index (χ1v) is 9.16. The molecule has 2 rings (SSSR count). The molecule has 1 amide bonds. The second-order valence-electron chi connectivity index (χ2n) is 5.60. The Balaban J connectivity index is 2.34. The molecule has 28 heavy (non-hydrogen) atoms. The molecule has 0 aliphatic heterocycles. The number of hydrogen-bond acceptors (Lipinski definition) is 4. The predicted octanol–water partition coefficient (Wildman–Crippen LogP) is 2.83. The molecule has 154 valence electrons. The standard InChI is InChI=1S/C14H12ClF5N4O3S/c1-6(14(18,19)20)23-28(26,27)9-5-24(2)11(10(9)15)13(25)22-7-3-8(16)12(17)21-4-7/h3-6,23H,1-2H3,(H,22,25)/t6-/m1/s1. The quantitative estimate of drug-likeness (QED) is 0.545. The van der Waals surface area contributed by atoms with Gasteiger partial charge in [-0.15, -0.1) is 0 Å². The zero-order valence-corrected chi connectivity index (χ0v) is 15.7. The van der Waals surface area contributed by atoms with E-state index in [0.717, 1.165) is 17.0 Å².